The van der Waals surface area contributed by atoms with E-state index in [9.17, 15) is 9.59 Å². The molecule has 5 heteroatoms. The van der Waals surface area contributed by atoms with Gasteiger partial charge in [-0.2, -0.15) is 0 Å². The van der Waals surface area contributed by atoms with Crippen molar-refractivity contribution in [1.29, 1.82) is 0 Å². The molecule has 0 bridgehead atoms. The van der Waals surface area contributed by atoms with Crippen LogP contribution in [0.4, 0.5) is 0 Å². The second-order valence-electron chi connectivity index (χ2n) is 4.21. The topological polar surface area (TPSA) is 52.7 Å². The number of hydrogen-bond donors (Lipinski definition) is 1. The van der Waals surface area contributed by atoms with E-state index in [1.54, 1.807) is 5.01 Å². The molecule has 1 aromatic carbocycles. The third kappa shape index (κ3) is 3.15. The zero-order valence-electron chi connectivity index (χ0n) is 10.2. The molecule has 0 atom stereocenters. The highest BCUT2D eigenvalue weighted by molar-refractivity contribution is 5.87. The van der Waals surface area contributed by atoms with Crippen molar-refractivity contribution in [3.63, 3.8) is 0 Å². The van der Waals surface area contributed by atoms with Gasteiger partial charge in [-0.05, 0) is 5.56 Å². The number of carbonyl (C=O) groups excluding carboxylic acids is 2. The molecule has 1 fully saturated rings. The first-order valence-electron chi connectivity index (χ1n) is 6.08. The maximum atomic E-state index is 12.1. The summed E-state index contributed by atoms with van der Waals surface area (Å²) in [6.07, 6.45) is 0.861. The molecule has 96 valence electrons. The fourth-order valence-corrected chi connectivity index (χ4v) is 2.00. The number of rotatable bonds is 4. The number of hydrazine groups is 1. The first-order valence-corrected chi connectivity index (χ1v) is 6.08. The third-order valence-corrected chi connectivity index (χ3v) is 2.95. The minimum Gasteiger partial charge on any atom is -0.314 e. The van der Waals surface area contributed by atoms with Gasteiger partial charge in [0.15, 0.2) is 0 Å². The molecular weight excluding hydrogens is 230 g/mol. The van der Waals surface area contributed by atoms with Crippen molar-refractivity contribution in [2.45, 2.75) is 6.42 Å². The van der Waals surface area contributed by atoms with Crippen LogP contribution in [0.3, 0.4) is 0 Å². The van der Waals surface area contributed by atoms with Gasteiger partial charge < -0.3 is 5.32 Å². The normalized spacial score (nSPS) is 16.2. The maximum Gasteiger partial charge on any atom is 0.248 e. The predicted octanol–water partition coefficient (Wildman–Crippen LogP) is 0.0343. The lowest BCUT2D eigenvalue weighted by molar-refractivity contribution is -0.156. The van der Waals surface area contributed by atoms with Crippen LogP contribution in [0, 0.1) is 0 Å². The molecule has 1 heterocycles. The first-order chi connectivity index (χ1) is 8.81. The lowest BCUT2D eigenvalue weighted by Gasteiger charge is -2.33. The summed E-state index contributed by atoms with van der Waals surface area (Å²) in [5.74, 6) is -0.182. The predicted molar refractivity (Wildman–Crippen MR) is 67.5 cm³/mol. The van der Waals surface area contributed by atoms with E-state index in [-0.39, 0.29) is 12.3 Å². The molecule has 0 aromatic heterocycles. The number of hydrogen-bond acceptors (Lipinski definition) is 4. The fourth-order valence-electron chi connectivity index (χ4n) is 2.00. The highest BCUT2D eigenvalue weighted by Gasteiger charge is 2.22. The summed E-state index contributed by atoms with van der Waals surface area (Å²) < 4.78 is 0. The Kier molecular flexibility index (Phi) is 4.44. The van der Waals surface area contributed by atoms with Crippen LogP contribution in [0.1, 0.15) is 5.56 Å². The lowest BCUT2D eigenvalue weighted by atomic mass is 10.1. The molecule has 1 aliphatic heterocycles. The van der Waals surface area contributed by atoms with Crippen molar-refractivity contribution in [1.82, 2.24) is 15.3 Å². The smallest absolute Gasteiger partial charge is 0.248 e. The van der Waals surface area contributed by atoms with Gasteiger partial charge in [0.25, 0.3) is 0 Å². The summed E-state index contributed by atoms with van der Waals surface area (Å²) in [6.45, 7) is 2.95. The molecule has 1 saturated heterocycles. The molecule has 1 N–H and O–H groups in total. The van der Waals surface area contributed by atoms with E-state index in [4.69, 9.17) is 0 Å². The van der Waals surface area contributed by atoms with Crippen LogP contribution in [0.2, 0.25) is 0 Å². The number of nitrogens with one attached hydrogen (secondary N) is 1. The molecule has 1 aromatic rings. The van der Waals surface area contributed by atoms with Crippen molar-refractivity contribution >= 4 is 12.3 Å². The quantitative estimate of drug-likeness (QED) is 0.763. The summed E-state index contributed by atoms with van der Waals surface area (Å²) in [4.78, 5) is 23.2. The Morgan fingerprint density at radius 1 is 1.28 bits per heavy atom. The number of benzene rings is 1. The number of piperazine rings is 1. The van der Waals surface area contributed by atoms with Gasteiger partial charge in [-0.25, -0.2) is 10.0 Å². The van der Waals surface area contributed by atoms with Crippen LogP contribution in [0.15, 0.2) is 30.3 Å². The van der Waals surface area contributed by atoms with Crippen molar-refractivity contribution < 1.29 is 9.59 Å². The standard InChI is InChI=1S/C13H17N3O2/c17-11-16(15-8-6-14-7-9-15)13(18)10-12-4-2-1-3-5-12/h1-5,11,14H,6-10H2. The molecule has 18 heavy (non-hydrogen) atoms. The molecule has 0 spiro atoms. The van der Waals surface area contributed by atoms with Gasteiger partial charge in [-0.1, -0.05) is 30.3 Å². The maximum absolute atomic E-state index is 12.1. The molecule has 0 unspecified atom stereocenters. The Morgan fingerprint density at radius 2 is 1.94 bits per heavy atom. The van der Waals surface area contributed by atoms with Gasteiger partial charge in [0.1, 0.15) is 0 Å². The van der Waals surface area contributed by atoms with Gasteiger partial charge in [-0.3, -0.25) is 9.59 Å². The Balaban J connectivity index is 1.99. The second kappa shape index (κ2) is 6.28. The van der Waals surface area contributed by atoms with Crippen molar-refractivity contribution in [3.05, 3.63) is 35.9 Å². The van der Waals surface area contributed by atoms with Crippen LogP contribution in [-0.2, 0) is 16.0 Å². The number of amides is 2. The molecule has 1 aliphatic rings. The van der Waals surface area contributed by atoms with E-state index in [0.29, 0.717) is 19.5 Å². The number of imide groups is 1. The van der Waals surface area contributed by atoms with Gasteiger partial charge in [-0.15, -0.1) is 0 Å². The van der Waals surface area contributed by atoms with E-state index < -0.39 is 0 Å². The summed E-state index contributed by atoms with van der Waals surface area (Å²) in [7, 11) is 0. The molecule has 2 rings (SSSR count). The Labute approximate surface area is 106 Å². The number of nitrogens with zero attached hydrogens (tertiary/aromatic N) is 2. The van der Waals surface area contributed by atoms with Crippen LogP contribution in [0.5, 0.6) is 0 Å². The minimum atomic E-state index is -0.182. The van der Waals surface area contributed by atoms with Crippen LogP contribution < -0.4 is 5.32 Å². The van der Waals surface area contributed by atoms with Crippen molar-refractivity contribution in [2.75, 3.05) is 26.2 Å². The molecule has 2 amide bonds. The van der Waals surface area contributed by atoms with E-state index in [0.717, 1.165) is 18.7 Å². The van der Waals surface area contributed by atoms with E-state index in [1.807, 2.05) is 30.3 Å². The molecule has 0 aliphatic carbocycles. The molecule has 5 nitrogen and oxygen atoms in total. The van der Waals surface area contributed by atoms with Crippen LogP contribution in [0.25, 0.3) is 0 Å². The van der Waals surface area contributed by atoms with Gasteiger partial charge in [0.05, 0.1) is 6.42 Å². The summed E-state index contributed by atoms with van der Waals surface area (Å²) in [6, 6.07) is 9.45. The molecule has 0 saturated carbocycles. The van der Waals surface area contributed by atoms with Gasteiger partial charge >= 0.3 is 0 Å². The SMILES string of the molecule is O=CN(C(=O)Cc1ccccc1)N1CCNCC1. The van der Waals surface area contributed by atoms with Crippen LogP contribution >= 0.6 is 0 Å². The third-order valence-electron chi connectivity index (χ3n) is 2.95. The summed E-state index contributed by atoms with van der Waals surface area (Å²) >= 11 is 0. The summed E-state index contributed by atoms with van der Waals surface area (Å²) in [5.41, 5.74) is 0.921. The van der Waals surface area contributed by atoms with Crippen molar-refractivity contribution in [2.24, 2.45) is 0 Å². The average Bonchev–Trinajstić information content (AvgIpc) is 2.42. The summed E-state index contributed by atoms with van der Waals surface area (Å²) in [5, 5.41) is 6.18. The zero-order chi connectivity index (χ0) is 12.8. The van der Waals surface area contributed by atoms with E-state index in [1.165, 1.54) is 5.01 Å². The lowest BCUT2D eigenvalue weighted by Crippen LogP contribution is -2.54. The Morgan fingerprint density at radius 3 is 2.56 bits per heavy atom. The van der Waals surface area contributed by atoms with E-state index >= 15 is 0 Å². The minimum absolute atomic E-state index is 0.182. The van der Waals surface area contributed by atoms with Crippen molar-refractivity contribution in [3.8, 4) is 0 Å². The highest BCUT2D eigenvalue weighted by atomic mass is 16.2. The highest BCUT2D eigenvalue weighted by Crippen LogP contribution is 2.05. The van der Waals surface area contributed by atoms with Gasteiger partial charge in [0, 0.05) is 26.2 Å². The van der Waals surface area contributed by atoms with E-state index in [2.05, 4.69) is 5.32 Å². The zero-order valence-corrected chi connectivity index (χ0v) is 10.2. The van der Waals surface area contributed by atoms with Crippen LogP contribution in [-0.4, -0.2) is 48.5 Å². The fraction of sp³-hybridized carbons (Fsp3) is 0.385. The average molecular weight is 247 g/mol. The Bertz CT molecular complexity index is 402. The Hall–Kier alpha value is -1.72. The molecular formula is C13H17N3O2. The number of carbonyl (C=O) groups is 2. The molecule has 0 radical (unpaired) electrons. The largest absolute Gasteiger partial charge is 0.314 e. The van der Waals surface area contributed by atoms with Gasteiger partial charge in [0.2, 0.25) is 12.3 Å². The first kappa shape index (κ1) is 12.7. The second-order valence-corrected chi connectivity index (χ2v) is 4.21. The monoisotopic (exact) mass is 247 g/mol.